The first-order valence-corrected chi connectivity index (χ1v) is 30.4. The Balaban J connectivity index is 1.04. The van der Waals surface area contributed by atoms with E-state index in [0.29, 0.717) is 6.67 Å². The van der Waals surface area contributed by atoms with Crippen molar-refractivity contribution in [2.45, 2.75) is 138 Å². The Morgan fingerprint density at radius 1 is 0.353 bits per heavy atom. The molecule has 0 saturated carbocycles. The van der Waals surface area contributed by atoms with Gasteiger partial charge in [0.05, 0.1) is 27.8 Å². The molecule has 0 amide bonds. The van der Waals surface area contributed by atoms with Crippen molar-refractivity contribution in [1.82, 2.24) is 14.1 Å². The minimum atomic E-state index is -0.129. The number of fused-ring (bicyclic) bond motifs is 10. The van der Waals surface area contributed by atoms with Crippen LogP contribution in [0.3, 0.4) is 0 Å². The predicted molar refractivity (Wildman–Crippen MR) is 364 cm³/mol. The maximum atomic E-state index is 7.01. The molecule has 0 bridgehead atoms. The lowest BCUT2D eigenvalue weighted by Crippen LogP contribution is -2.16. The highest BCUT2D eigenvalue weighted by atomic mass is 16.5. The zero-order valence-corrected chi connectivity index (χ0v) is 52.5. The van der Waals surface area contributed by atoms with Crippen LogP contribution in [-0.2, 0) is 33.7 Å². The molecule has 1 aliphatic rings. The van der Waals surface area contributed by atoms with Gasteiger partial charge in [0.2, 0.25) is 0 Å². The van der Waals surface area contributed by atoms with Gasteiger partial charge < -0.3 is 14.2 Å². The quantitative estimate of drug-likeness (QED) is 0.166. The highest BCUT2D eigenvalue weighted by Crippen LogP contribution is 2.47. The fraction of sp³-hybridized carbons (Fsp3) is 0.263. The molecule has 12 aromatic rings. The molecule has 0 fully saturated rings. The van der Waals surface area contributed by atoms with E-state index in [4.69, 9.17) is 9.72 Å². The van der Waals surface area contributed by atoms with Crippen LogP contribution in [0.2, 0.25) is 0 Å². The molecule has 426 valence electrons. The van der Waals surface area contributed by atoms with E-state index in [1.165, 1.54) is 98.8 Å². The number of nitrogens with zero attached hydrogens (tertiary/aromatic N) is 4. The summed E-state index contributed by atoms with van der Waals surface area (Å²) in [7, 11) is 0. The third-order valence-electron chi connectivity index (χ3n) is 17.8. The van der Waals surface area contributed by atoms with Gasteiger partial charge in [-0.25, -0.2) is 4.98 Å². The zero-order valence-electron chi connectivity index (χ0n) is 52.5. The van der Waals surface area contributed by atoms with Gasteiger partial charge in [-0.2, -0.15) is 0 Å². The molecule has 0 saturated heterocycles. The van der Waals surface area contributed by atoms with Gasteiger partial charge in [-0.05, 0) is 154 Å². The molecule has 0 radical (unpaired) electrons. The fourth-order valence-electron chi connectivity index (χ4n) is 12.8. The van der Waals surface area contributed by atoms with Crippen molar-refractivity contribution < 1.29 is 4.74 Å². The lowest BCUT2D eigenvalue weighted by molar-refractivity contribution is 0.483. The first-order chi connectivity index (χ1) is 40.3. The van der Waals surface area contributed by atoms with Crippen LogP contribution in [0.15, 0.2) is 200 Å². The van der Waals surface area contributed by atoms with E-state index in [2.05, 4.69) is 312 Å². The van der Waals surface area contributed by atoms with E-state index >= 15 is 0 Å². The van der Waals surface area contributed by atoms with Crippen molar-refractivity contribution in [2.75, 3.05) is 4.90 Å². The summed E-state index contributed by atoms with van der Waals surface area (Å²) >= 11 is 0. The van der Waals surface area contributed by atoms with Gasteiger partial charge in [0, 0.05) is 51.1 Å². The smallest absolute Gasteiger partial charge is 0.137 e. The number of rotatable bonds is 6. The first-order valence-electron chi connectivity index (χ1n) is 30.4. The van der Waals surface area contributed by atoms with Crippen molar-refractivity contribution in [3.05, 3.63) is 228 Å². The number of pyridine rings is 1. The number of para-hydroxylation sites is 3. The maximum Gasteiger partial charge on any atom is 0.137 e. The molecular weight excluding hydrogens is 1030 g/mol. The van der Waals surface area contributed by atoms with Crippen LogP contribution in [0.25, 0.3) is 93.2 Å². The summed E-state index contributed by atoms with van der Waals surface area (Å²) in [4.78, 5) is 7.45. The Kier molecular flexibility index (Phi) is 13.0. The lowest BCUT2D eigenvalue weighted by atomic mass is 9.78. The summed E-state index contributed by atoms with van der Waals surface area (Å²) in [6.07, 6.45) is 1.94. The van der Waals surface area contributed by atoms with E-state index < -0.39 is 0 Å². The van der Waals surface area contributed by atoms with Crippen molar-refractivity contribution >= 4 is 76.5 Å². The minimum Gasteiger partial charge on any atom is -0.457 e. The maximum absolute atomic E-state index is 7.01. The second kappa shape index (κ2) is 20.0. The van der Waals surface area contributed by atoms with Crippen LogP contribution >= 0.6 is 0 Å². The number of benzene rings is 9. The molecule has 5 nitrogen and oxygen atoms in total. The van der Waals surface area contributed by atoms with Gasteiger partial charge in [0.25, 0.3) is 0 Å². The molecule has 5 heteroatoms. The van der Waals surface area contributed by atoms with Crippen LogP contribution in [0.4, 0.5) is 11.4 Å². The highest BCUT2D eigenvalue weighted by Gasteiger charge is 2.29. The molecule has 0 atom stereocenters. The summed E-state index contributed by atoms with van der Waals surface area (Å²) in [5.41, 5.74) is 17.8. The van der Waals surface area contributed by atoms with Gasteiger partial charge in [0.15, 0.2) is 0 Å². The Morgan fingerprint density at radius 2 is 0.871 bits per heavy atom. The van der Waals surface area contributed by atoms with Crippen LogP contribution in [0.5, 0.6) is 11.5 Å². The number of aromatic nitrogens is 3. The van der Waals surface area contributed by atoms with Crippen LogP contribution < -0.4 is 9.64 Å². The third kappa shape index (κ3) is 9.99. The van der Waals surface area contributed by atoms with Crippen molar-refractivity contribution in [2.24, 2.45) is 0 Å². The van der Waals surface area contributed by atoms with Crippen molar-refractivity contribution in [3.8, 4) is 39.6 Å². The molecular formula is C80H80N4O. The van der Waals surface area contributed by atoms with E-state index in [1.807, 2.05) is 6.20 Å². The summed E-state index contributed by atoms with van der Waals surface area (Å²) in [5.74, 6) is 2.41. The van der Waals surface area contributed by atoms with Gasteiger partial charge in [-0.15, -0.1) is 0 Å². The van der Waals surface area contributed by atoms with Crippen LogP contribution in [0, 0.1) is 0 Å². The fourth-order valence-corrected chi connectivity index (χ4v) is 12.8. The standard InChI is InChI=1S/C80H80N4O/c1-76(2,3)53-33-35-64-62-25-16-17-26-63(62)67-29-21-28-61(52-39-50(40-55(43-52)78(7,8)9)51-41-56(79(10,11)12)44-57(42-51)80(13,14)15)74(67)83-49-82(71-32-22-30-68(75(71)83)69(64)45-53)58-23-20-24-59(47-58)85-60-34-36-66-65-27-18-19-31-70(65)84(72(66)48-60)73-46-54(37-38-81-73)77(4,5)6/h16-48H,49H2,1-15H3. The molecule has 85 heavy (non-hydrogen) atoms. The SMILES string of the molecule is CC(C)(C)c1cc(-c2cc(C(C)(C)C)cc(C(C)(C)C)c2)cc(-c2cccc3c4ccccc4c4ccc(C(C)(C)C)cc4c4cccc5c4n(c23)CN5c2cccc(Oc3ccc4c5ccccc5n(-c5cc(C(C)(C)C)ccn5)c4c3)c2)c1. The number of hydrogen-bond acceptors (Lipinski definition) is 3. The summed E-state index contributed by atoms with van der Waals surface area (Å²) in [6.45, 7) is 35.3. The van der Waals surface area contributed by atoms with E-state index in [9.17, 15) is 0 Å². The Hall–Kier alpha value is -8.67. The Bertz CT molecular complexity index is 4710. The van der Waals surface area contributed by atoms with Gasteiger partial charge in [-0.1, -0.05) is 225 Å². The summed E-state index contributed by atoms with van der Waals surface area (Å²) in [6, 6.07) is 73.1. The molecule has 0 unspecified atom stereocenters. The Labute approximate surface area is 502 Å². The zero-order chi connectivity index (χ0) is 59.7. The largest absolute Gasteiger partial charge is 0.457 e. The van der Waals surface area contributed by atoms with Gasteiger partial charge in [0.1, 0.15) is 24.0 Å². The number of anilines is 2. The second-order valence-electron chi connectivity index (χ2n) is 29.1. The van der Waals surface area contributed by atoms with Crippen LogP contribution in [0.1, 0.15) is 132 Å². The predicted octanol–water partition coefficient (Wildman–Crippen LogP) is 22.4. The molecule has 3 aromatic heterocycles. The first kappa shape index (κ1) is 55.5. The second-order valence-corrected chi connectivity index (χ2v) is 29.1. The van der Waals surface area contributed by atoms with Crippen molar-refractivity contribution in [3.63, 3.8) is 0 Å². The average Bonchev–Trinajstić information content (AvgIpc) is 1.69. The molecule has 0 aliphatic carbocycles. The van der Waals surface area contributed by atoms with Gasteiger partial charge >= 0.3 is 0 Å². The Morgan fingerprint density at radius 3 is 1.55 bits per heavy atom. The van der Waals surface area contributed by atoms with Crippen LogP contribution in [-0.4, -0.2) is 14.1 Å². The average molecular weight is 1110 g/mol. The molecule has 13 rings (SSSR count). The van der Waals surface area contributed by atoms with Crippen molar-refractivity contribution in [1.29, 1.82) is 0 Å². The minimum absolute atomic E-state index is 0.0283. The van der Waals surface area contributed by atoms with E-state index in [-0.39, 0.29) is 27.1 Å². The lowest BCUT2D eigenvalue weighted by Gasteiger charge is -2.27. The van der Waals surface area contributed by atoms with Gasteiger partial charge in [-0.3, -0.25) is 4.57 Å². The monoisotopic (exact) mass is 1110 g/mol. The van der Waals surface area contributed by atoms with E-state index in [0.717, 1.165) is 45.1 Å². The molecule has 0 N–H and O–H groups in total. The molecule has 0 spiro atoms. The van der Waals surface area contributed by atoms with E-state index in [1.54, 1.807) is 0 Å². The summed E-state index contributed by atoms with van der Waals surface area (Å²) < 4.78 is 11.9. The number of ether oxygens (including phenoxy) is 1. The third-order valence-corrected chi connectivity index (χ3v) is 17.8. The topological polar surface area (TPSA) is 35.2 Å². The molecule has 9 aromatic carbocycles. The number of hydrogen-bond donors (Lipinski definition) is 0. The molecule has 4 heterocycles. The highest BCUT2D eigenvalue weighted by molar-refractivity contribution is 6.22. The normalized spacial score (nSPS) is 13.3. The molecule has 1 aliphatic heterocycles. The summed E-state index contributed by atoms with van der Waals surface area (Å²) in [5, 5.41) is 9.62.